The molecule has 0 unspecified atom stereocenters. The molecule has 0 N–H and O–H groups in total. The number of hydrogen-bond acceptors (Lipinski definition) is 2. The van der Waals surface area contributed by atoms with Crippen molar-refractivity contribution in [1.29, 1.82) is 0 Å². The first kappa shape index (κ1) is 22.9. The third kappa shape index (κ3) is 4.94. The average Bonchev–Trinajstić information content (AvgIpc) is 3.19. The van der Waals surface area contributed by atoms with Crippen molar-refractivity contribution >= 4 is 11.5 Å². The SMILES string of the molecule is C=C/C=C\C(=C/C)c1nn(-c2ccccc2)c(CC)c1C(=O)N(C)Cc1cccc(F)c1. The highest BCUT2D eigenvalue weighted by atomic mass is 19.1. The summed E-state index contributed by atoms with van der Waals surface area (Å²) >= 11 is 0. The van der Waals surface area contributed by atoms with Crippen molar-refractivity contribution in [1.82, 2.24) is 14.7 Å². The lowest BCUT2D eigenvalue weighted by Crippen LogP contribution is -2.27. The van der Waals surface area contributed by atoms with Crippen LogP contribution in [-0.4, -0.2) is 27.6 Å². The van der Waals surface area contributed by atoms with Crippen molar-refractivity contribution in [2.24, 2.45) is 0 Å². The highest BCUT2D eigenvalue weighted by molar-refractivity contribution is 6.00. The van der Waals surface area contributed by atoms with Crippen LogP contribution in [0.25, 0.3) is 11.3 Å². The summed E-state index contributed by atoms with van der Waals surface area (Å²) in [7, 11) is 1.73. The van der Waals surface area contributed by atoms with Gasteiger partial charge in [0.15, 0.2) is 0 Å². The van der Waals surface area contributed by atoms with Crippen LogP contribution >= 0.6 is 0 Å². The normalized spacial score (nSPS) is 11.7. The molecule has 0 spiro atoms. The molecule has 5 heteroatoms. The first-order valence-electron chi connectivity index (χ1n) is 10.6. The molecule has 0 atom stereocenters. The van der Waals surface area contributed by atoms with Gasteiger partial charge in [0.05, 0.1) is 16.9 Å². The van der Waals surface area contributed by atoms with Crippen molar-refractivity contribution in [3.63, 3.8) is 0 Å². The zero-order valence-corrected chi connectivity index (χ0v) is 18.8. The molecule has 0 aliphatic carbocycles. The Balaban J connectivity index is 2.12. The Morgan fingerprint density at radius 2 is 1.94 bits per heavy atom. The number of amides is 1. The molecule has 4 nitrogen and oxygen atoms in total. The highest BCUT2D eigenvalue weighted by Gasteiger charge is 2.27. The van der Waals surface area contributed by atoms with Gasteiger partial charge in [-0.05, 0) is 48.7 Å². The van der Waals surface area contributed by atoms with Crippen LogP contribution in [-0.2, 0) is 13.0 Å². The molecule has 0 aliphatic rings. The smallest absolute Gasteiger partial charge is 0.258 e. The Labute approximate surface area is 189 Å². The minimum Gasteiger partial charge on any atom is -0.337 e. The van der Waals surface area contributed by atoms with E-state index in [1.165, 1.54) is 12.1 Å². The molecular formula is C27H28FN3O. The van der Waals surface area contributed by atoms with Crippen molar-refractivity contribution in [2.45, 2.75) is 26.8 Å². The Bertz CT molecular complexity index is 1160. The molecule has 0 aliphatic heterocycles. The summed E-state index contributed by atoms with van der Waals surface area (Å²) in [6, 6.07) is 16.1. The largest absolute Gasteiger partial charge is 0.337 e. The number of para-hydroxylation sites is 1. The minimum atomic E-state index is -0.319. The second-order valence-electron chi connectivity index (χ2n) is 7.40. The van der Waals surface area contributed by atoms with Gasteiger partial charge in [-0.2, -0.15) is 5.10 Å². The number of rotatable bonds is 8. The van der Waals surface area contributed by atoms with Crippen LogP contribution in [0.2, 0.25) is 0 Å². The van der Waals surface area contributed by atoms with Crippen molar-refractivity contribution in [3.05, 3.63) is 114 Å². The summed E-state index contributed by atoms with van der Waals surface area (Å²) in [4.78, 5) is 15.3. The number of allylic oxidation sites excluding steroid dienone is 5. The number of aromatic nitrogens is 2. The first-order valence-corrected chi connectivity index (χ1v) is 10.6. The third-order valence-electron chi connectivity index (χ3n) is 5.18. The maximum absolute atomic E-state index is 13.7. The van der Waals surface area contributed by atoms with Gasteiger partial charge in [0.2, 0.25) is 0 Å². The van der Waals surface area contributed by atoms with Crippen molar-refractivity contribution < 1.29 is 9.18 Å². The van der Waals surface area contributed by atoms with Gasteiger partial charge in [-0.1, -0.05) is 68.1 Å². The van der Waals surface area contributed by atoms with Gasteiger partial charge < -0.3 is 4.90 Å². The zero-order chi connectivity index (χ0) is 23.1. The molecule has 0 bridgehead atoms. The topological polar surface area (TPSA) is 38.1 Å². The molecule has 3 rings (SSSR count). The van der Waals surface area contributed by atoms with Gasteiger partial charge in [-0.15, -0.1) is 0 Å². The van der Waals surface area contributed by atoms with Gasteiger partial charge in [0.1, 0.15) is 11.5 Å². The quantitative estimate of drug-likeness (QED) is 0.413. The molecular weight excluding hydrogens is 401 g/mol. The lowest BCUT2D eigenvalue weighted by Gasteiger charge is -2.18. The van der Waals surface area contributed by atoms with Crippen LogP contribution in [0.1, 0.15) is 41.2 Å². The summed E-state index contributed by atoms with van der Waals surface area (Å²) in [5.41, 5.74) is 4.44. The second kappa shape index (κ2) is 10.5. The average molecular weight is 430 g/mol. The van der Waals surface area contributed by atoms with Crippen molar-refractivity contribution in [2.75, 3.05) is 7.05 Å². The molecule has 1 amide bonds. The summed E-state index contributed by atoms with van der Waals surface area (Å²) in [5, 5.41) is 4.86. The van der Waals surface area contributed by atoms with Crippen LogP contribution in [0, 0.1) is 5.82 Å². The molecule has 3 aromatic rings. The number of halogens is 1. The predicted octanol–water partition coefficient (Wildman–Crippen LogP) is 5.99. The van der Waals surface area contributed by atoms with Gasteiger partial charge in [0.25, 0.3) is 5.91 Å². The van der Waals surface area contributed by atoms with Crippen LogP contribution in [0.15, 0.2) is 85.5 Å². The Morgan fingerprint density at radius 3 is 2.56 bits per heavy atom. The first-order chi connectivity index (χ1) is 15.5. The Morgan fingerprint density at radius 1 is 1.19 bits per heavy atom. The fraction of sp³-hybridized carbons (Fsp3) is 0.185. The number of benzene rings is 2. The highest BCUT2D eigenvalue weighted by Crippen LogP contribution is 2.28. The molecule has 0 saturated heterocycles. The minimum absolute atomic E-state index is 0.158. The zero-order valence-electron chi connectivity index (χ0n) is 18.8. The maximum Gasteiger partial charge on any atom is 0.258 e. The van der Waals surface area contributed by atoms with Crippen LogP contribution < -0.4 is 0 Å². The van der Waals surface area contributed by atoms with Crippen molar-refractivity contribution in [3.8, 4) is 5.69 Å². The lowest BCUT2D eigenvalue weighted by molar-refractivity contribution is 0.0783. The lowest BCUT2D eigenvalue weighted by atomic mass is 10.0. The van der Waals surface area contributed by atoms with Crippen LogP contribution in [0.4, 0.5) is 4.39 Å². The summed E-state index contributed by atoms with van der Waals surface area (Å²) in [6.45, 7) is 7.97. The van der Waals surface area contributed by atoms with Gasteiger partial charge in [-0.25, -0.2) is 9.07 Å². The van der Waals surface area contributed by atoms with E-state index in [9.17, 15) is 9.18 Å². The monoisotopic (exact) mass is 429 g/mol. The number of carbonyl (C=O) groups excluding carboxylic acids is 1. The molecule has 0 fully saturated rings. The van der Waals surface area contributed by atoms with Gasteiger partial charge in [0, 0.05) is 13.6 Å². The standard InChI is InChI=1S/C27H28FN3O/c1-5-8-14-21(6-2)26-25(24(7-3)31(29-26)23-16-10-9-11-17-23)27(32)30(4)19-20-13-12-15-22(28)18-20/h5-6,8-18H,1,7,19H2,2-4H3/b14-8-,21-6+. The predicted molar refractivity (Wildman–Crippen MR) is 128 cm³/mol. The molecule has 1 heterocycles. The van der Waals surface area contributed by atoms with E-state index in [2.05, 4.69) is 6.58 Å². The van der Waals surface area contributed by atoms with E-state index in [4.69, 9.17) is 5.10 Å². The van der Waals surface area contributed by atoms with E-state index in [0.29, 0.717) is 24.2 Å². The summed E-state index contributed by atoms with van der Waals surface area (Å²) in [5.74, 6) is -0.476. The maximum atomic E-state index is 13.7. The second-order valence-corrected chi connectivity index (χ2v) is 7.40. The van der Waals surface area contributed by atoms with E-state index >= 15 is 0 Å². The van der Waals surface area contributed by atoms with Gasteiger partial charge >= 0.3 is 0 Å². The van der Waals surface area contributed by atoms with E-state index in [1.54, 1.807) is 24.1 Å². The Kier molecular flexibility index (Phi) is 7.55. The summed E-state index contributed by atoms with van der Waals surface area (Å²) < 4.78 is 15.5. The van der Waals surface area contributed by atoms with E-state index in [-0.39, 0.29) is 11.7 Å². The van der Waals surface area contributed by atoms with Gasteiger partial charge in [-0.3, -0.25) is 4.79 Å². The fourth-order valence-corrected chi connectivity index (χ4v) is 3.64. The molecule has 0 saturated carbocycles. The molecule has 1 aromatic heterocycles. The van der Waals surface area contributed by atoms with Crippen LogP contribution in [0.3, 0.4) is 0 Å². The molecule has 164 valence electrons. The fourth-order valence-electron chi connectivity index (χ4n) is 3.64. The summed E-state index contributed by atoms with van der Waals surface area (Å²) in [6.07, 6.45) is 7.97. The Hall–Kier alpha value is -3.73. The van der Waals surface area contributed by atoms with Crippen LogP contribution in [0.5, 0.6) is 0 Å². The van der Waals surface area contributed by atoms with E-state index in [1.807, 2.05) is 73.2 Å². The molecule has 2 aromatic carbocycles. The number of hydrogen-bond donors (Lipinski definition) is 0. The van der Waals surface area contributed by atoms with E-state index in [0.717, 1.165) is 22.5 Å². The third-order valence-corrected chi connectivity index (χ3v) is 5.18. The number of nitrogens with zero attached hydrogens (tertiary/aromatic N) is 3. The molecule has 32 heavy (non-hydrogen) atoms. The van der Waals surface area contributed by atoms with E-state index < -0.39 is 0 Å². The number of carbonyl (C=O) groups is 1. The molecule has 0 radical (unpaired) electrons.